The fraction of sp³-hybridized carbons (Fsp3) is 0.636. The number of ether oxygens (including phenoxy) is 1. The van der Waals surface area contributed by atoms with E-state index in [0.717, 1.165) is 12.8 Å². The van der Waals surface area contributed by atoms with Crippen LogP contribution >= 0.6 is 11.6 Å². The number of anilines is 1. The fourth-order valence-corrected chi connectivity index (χ4v) is 1.39. The van der Waals surface area contributed by atoms with E-state index in [1.165, 1.54) is 7.11 Å². The number of methoxy groups -OCH3 is 1. The number of hydrogen-bond donors (Lipinski definition) is 1. The molecule has 0 aliphatic rings. The highest BCUT2D eigenvalue weighted by atomic mass is 35.5. The largest absolute Gasteiger partial charge is 0.467 e. The van der Waals surface area contributed by atoms with Crippen molar-refractivity contribution in [2.75, 3.05) is 12.4 Å². The zero-order chi connectivity index (χ0) is 12.2. The maximum Gasteiger partial charge on any atom is 0.318 e. The van der Waals surface area contributed by atoms with Crippen LogP contribution in [0, 0.1) is 0 Å². The molecule has 5 heteroatoms. The SMILES string of the molecule is CCC(C)(CC)Nc1nc(OC)ncc1Cl. The summed E-state index contributed by atoms with van der Waals surface area (Å²) in [6.45, 7) is 6.39. The van der Waals surface area contributed by atoms with Crippen molar-refractivity contribution in [3.8, 4) is 6.01 Å². The lowest BCUT2D eigenvalue weighted by atomic mass is 9.96. The molecule has 1 heterocycles. The van der Waals surface area contributed by atoms with Crippen LogP contribution in [0.4, 0.5) is 5.82 Å². The predicted molar refractivity (Wildman–Crippen MR) is 66.2 cm³/mol. The van der Waals surface area contributed by atoms with E-state index in [-0.39, 0.29) is 5.54 Å². The normalized spacial score (nSPS) is 11.3. The molecule has 0 fully saturated rings. The van der Waals surface area contributed by atoms with Gasteiger partial charge in [-0.3, -0.25) is 0 Å². The van der Waals surface area contributed by atoms with Crippen molar-refractivity contribution < 1.29 is 4.74 Å². The Balaban J connectivity index is 2.95. The van der Waals surface area contributed by atoms with Crippen molar-refractivity contribution in [3.05, 3.63) is 11.2 Å². The first-order valence-corrected chi connectivity index (χ1v) is 5.77. The van der Waals surface area contributed by atoms with E-state index >= 15 is 0 Å². The number of aromatic nitrogens is 2. The van der Waals surface area contributed by atoms with Gasteiger partial charge in [-0.25, -0.2) is 4.98 Å². The Hall–Kier alpha value is -1.03. The summed E-state index contributed by atoms with van der Waals surface area (Å²) in [7, 11) is 1.53. The number of nitrogens with one attached hydrogen (secondary N) is 1. The third-order valence-corrected chi connectivity index (χ3v) is 3.16. The third-order valence-electron chi connectivity index (χ3n) is 2.89. The zero-order valence-corrected chi connectivity index (χ0v) is 10.9. The average molecular weight is 244 g/mol. The van der Waals surface area contributed by atoms with Gasteiger partial charge in [0.1, 0.15) is 5.02 Å². The second-order valence-corrected chi connectivity index (χ2v) is 4.35. The van der Waals surface area contributed by atoms with Crippen LogP contribution in [0.1, 0.15) is 33.6 Å². The summed E-state index contributed by atoms with van der Waals surface area (Å²) in [5, 5.41) is 3.84. The highest BCUT2D eigenvalue weighted by molar-refractivity contribution is 6.32. The van der Waals surface area contributed by atoms with Crippen LogP contribution in [-0.4, -0.2) is 22.6 Å². The van der Waals surface area contributed by atoms with E-state index in [1.54, 1.807) is 6.20 Å². The van der Waals surface area contributed by atoms with Gasteiger partial charge in [0.05, 0.1) is 13.3 Å². The van der Waals surface area contributed by atoms with Crippen molar-refractivity contribution in [2.45, 2.75) is 39.2 Å². The molecule has 0 aliphatic heterocycles. The molecular formula is C11H18ClN3O. The van der Waals surface area contributed by atoms with Crippen LogP contribution in [0.2, 0.25) is 5.02 Å². The molecule has 4 nitrogen and oxygen atoms in total. The lowest BCUT2D eigenvalue weighted by Gasteiger charge is -2.29. The van der Waals surface area contributed by atoms with Gasteiger partial charge in [-0.1, -0.05) is 25.4 Å². The van der Waals surface area contributed by atoms with E-state index in [9.17, 15) is 0 Å². The Kier molecular flexibility index (Phi) is 4.35. The molecule has 0 aliphatic carbocycles. The zero-order valence-electron chi connectivity index (χ0n) is 10.2. The topological polar surface area (TPSA) is 47.0 Å². The molecule has 0 amide bonds. The van der Waals surface area contributed by atoms with Gasteiger partial charge in [0.15, 0.2) is 5.82 Å². The summed E-state index contributed by atoms with van der Waals surface area (Å²) in [4.78, 5) is 8.13. The molecule has 0 unspecified atom stereocenters. The fourth-order valence-electron chi connectivity index (χ4n) is 1.25. The van der Waals surface area contributed by atoms with Crippen molar-refractivity contribution in [3.63, 3.8) is 0 Å². The number of nitrogens with zero attached hydrogens (tertiary/aromatic N) is 2. The Bertz CT molecular complexity index is 353. The molecular weight excluding hydrogens is 226 g/mol. The highest BCUT2D eigenvalue weighted by Gasteiger charge is 2.21. The van der Waals surface area contributed by atoms with Gasteiger partial charge in [0.25, 0.3) is 0 Å². The molecule has 0 saturated carbocycles. The predicted octanol–water partition coefficient (Wildman–Crippen LogP) is 3.13. The Morgan fingerprint density at radius 2 is 2.06 bits per heavy atom. The van der Waals surface area contributed by atoms with Crippen LogP contribution in [0.25, 0.3) is 0 Å². The molecule has 1 rings (SSSR count). The van der Waals surface area contributed by atoms with Crippen LogP contribution in [0.15, 0.2) is 6.20 Å². The van der Waals surface area contributed by atoms with Gasteiger partial charge in [-0.2, -0.15) is 4.98 Å². The van der Waals surface area contributed by atoms with Crippen LogP contribution in [-0.2, 0) is 0 Å². The van der Waals surface area contributed by atoms with Gasteiger partial charge in [-0.15, -0.1) is 0 Å². The minimum atomic E-state index is -0.0109. The van der Waals surface area contributed by atoms with Crippen molar-refractivity contribution in [1.29, 1.82) is 0 Å². The highest BCUT2D eigenvalue weighted by Crippen LogP contribution is 2.26. The van der Waals surface area contributed by atoms with Gasteiger partial charge in [0.2, 0.25) is 0 Å². The first-order valence-electron chi connectivity index (χ1n) is 5.39. The van der Waals surface area contributed by atoms with E-state index < -0.39 is 0 Å². The smallest absolute Gasteiger partial charge is 0.318 e. The maximum atomic E-state index is 6.03. The lowest BCUT2D eigenvalue weighted by molar-refractivity contribution is 0.379. The van der Waals surface area contributed by atoms with Gasteiger partial charge in [-0.05, 0) is 19.8 Å². The third kappa shape index (κ3) is 2.98. The van der Waals surface area contributed by atoms with Crippen molar-refractivity contribution >= 4 is 17.4 Å². The number of hydrogen-bond acceptors (Lipinski definition) is 4. The van der Waals surface area contributed by atoms with Crippen LogP contribution < -0.4 is 10.1 Å². The average Bonchev–Trinajstić information content (AvgIpc) is 2.32. The first kappa shape index (κ1) is 13.0. The summed E-state index contributed by atoms with van der Waals surface area (Å²) in [5.41, 5.74) is -0.0109. The minimum absolute atomic E-state index is 0.0109. The summed E-state index contributed by atoms with van der Waals surface area (Å²) in [6.07, 6.45) is 3.53. The molecule has 0 bridgehead atoms. The molecule has 90 valence electrons. The van der Waals surface area contributed by atoms with Gasteiger partial charge >= 0.3 is 6.01 Å². The van der Waals surface area contributed by atoms with Gasteiger partial charge in [0, 0.05) is 5.54 Å². The number of halogens is 1. The first-order chi connectivity index (χ1) is 7.54. The molecule has 1 N–H and O–H groups in total. The molecule has 16 heavy (non-hydrogen) atoms. The quantitative estimate of drug-likeness (QED) is 0.863. The molecule has 0 saturated heterocycles. The second-order valence-electron chi connectivity index (χ2n) is 3.95. The summed E-state index contributed by atoms with van der Waals surface area (Å²) in [6, 6.07) is 0.321. The van der Waals surface area contributed by atoms with Crippen LogP contribution in [0.5, 0.6) is 6.01 Å². The molecule has 0 spiro atoms. The molecule has 0 radical (unpaired) electrons. The summed E-state index contributed by atoms with van der Waals surface area (Å²) in [5.74, 6) is 0.625. The van der Waals surface area contributed by atoms with E-state index in [0.29, 0.717) is 16.9 Å². The standard InChI is InChI=1S/C11H18ClN3O/c1-5-11(3,6-2)15-9-8(12)7-13-10(14-9)16-4/h7H,5-6H2,1-4H3,(H,13,14,15). The van der Waals surface area contributed by atoms with Crippen molar-refractivity contribution in [1.82, 2.24) is 9.97 Å². The van der Waals surface area contributed by atoms with E-state index in [1.807, 2.05) is 0 Å². The summed E-state index contributed by atoms with van der Waals surface area (Å²) < 4.78 is 4.97. The summed E-state index contributed by atoms with van der Waals surface area (Å²) >= 11 is 6.03. The molecule has 0 atom stereocenters. The maximum absolute atomic E-state index is 6.03. The molecule has 0 aromatic carbocycles. The van der Waals surface area contributed by atoms with Crippen LogP contribution in [0.3, 0.4) is 0 Å². The second kappa shape index (κ2) is 5.34. The Morgan fingerprint density at radius 3 is 2.56 bits per heavy atom. The van der Waals surface area contributed by atoms with E-state index in [4.69, 9.17) is 16.3 Å². The van der Waals surface area contributed by atoms with E-state index in [2.05, 4.69) is 36.1 Å². The Morgan fingerprint density at radius 1 is 1.44 bits per heavy atom. The monoisotopic (exact) mass is 243 g/mol. The molecule has 1 aromatic heterocycles. The lowest BCUT2D eigenvalue weighted by Crippen LogP contribution is -2.33. The number of rotatable bonds is 5. The van der Waals surface area contributed by atoms with Gasteiger partial charge < -0.3 is 10.1 Å². The Labute approximate surface area is 101 Å². The molecule has 1 aromatic rings. The van der Waals surface area contributed by atoms with Crippen molar-refractivity contribution in [2.24, 2.45) is 0 Å². The minimum Gasteiger partial charge on any atom is -0.467 e.